The smallest absolute Gasteiger partial charge is 0.285 e. The summed E-state index contributed by atoms with van der Waals surface area (Å²) in [4.78, 5) is 0. The molecular formula is C7H3F11O3S. The third-order valence-corrected chi connectivity index (χ3v) is 3.72. The van der Waals surface area contributed by atoms with Crippen molar-refractivity contribution in [2.75, 3.05) is 5.75 Å². The van der Waals surface area contributed by atoms with E-state index in [9.17, 15) is 56.7 Å². The summed E-state index contributed by atoms with van der Waals surface area (Å²) >= 11 is 0. The molecule has 15 heteroatoms. The lowest BCUT2D eigenvalue weighted by atomic mass is 9.73. The predicted octanol–water partition coefficient (Wildman–Crippen LogP) is 2.77. The molecule has 0 unspecified atom stereocenters. The Morgan fingerprint density at radius 1 is 0.591 bits per heavy atom. The molecule has 0 aliphatic heterocycles. The van der Waals surface area contributed by atoms with Crippen LogP contribution in [0.1, 0.15) is 0 Å². The number of hydrogen-bond acceptors (Lipinski definition) is 2. The molecule has 3 nitrogen and oxygen atoms in total. The van der Waals surface area contributed by atoms with Crippen LogP contribution in [0.3, 0.4) is 0 Å². The van der Waals surface area contributed by atoms with Crippen LogP contribution in [0.2, 0.25) is 0 Å². The van der Waals surface area contributed by atoms with E-state index in [0.29, 0.717) is 0 Å². The molecule has 1 N–H and O–H groups in total. The van der Waals surface area contributed by atoms with Gasteiger partial charge in [-0.3, -0.25) is 4.55 Å². The van der Waals surface area contributed by atoms with Gasteiger partial charge in [0.1, 0.15) is 5.75 Å². The van der Waals surface area contributed by atoms with Crippen LogP contribution >= 0.6 is 0 Å². The van der Waals surface area contributed by atoms with E-state index in [1.54, 1.807) is 0 Å². The molecule has 0 radical (unpaired) electrons. The second-order valence-corrected chi connectivity index (χ2v) is 5.85. The maximum absolute atomic E-state index is 13.6. The van der Waals surface area contributed by atoms with Crippen LogP contribution in [0.5, 0.6) is 0 Å². The minimum absolute atomic E-state index is 3.67. The monoisotopic (exact) mass is 376 g/mol. The molecule has 0 aromatic heterocycles. The molecule has 1 aliphatic carbocycles. The van der Waals surface area contributed by atoms with Gasteiger partial charge in [0.25, 0.3) is 15.8 Å². The Balaban J connectivity index is 3.85. The SMILES string of the molecule is O=S(=O)(O)CC1(F)C(F)(F)C(F)(F)C(F)(F)C(F)(F)C1(F)F. The molecule has 1 fully saturated rings. The minimum atomic E-state index is -7.41. The van der Waals surface area contributed by atoms with Gasteiger partial charge in [0.15, 0.2) is 0 Å². The van der Waals surface area contributed by atoms with Crippen molar-refractivity contribution < 1.29 is 61.3 Å². The van der Waals surface area contributed by atoms with E-state index in [-0.39, 0.29) is 0 Å². The maximum Gasteiger partial charge on any atom is 0.384 e. The van der Waals surface area contributed by atoms with Crippen molar-refractivity contribution in [3.8, 4) is 0 Å². The summed E-state index contributed by atoms with van der Waals surface area (Å²) in [6.07, 6.45) is 0. The fourth-order valence-electron chi connectivity index (χ4n) is 1.72. The van der Waals surface area contributed by atoms with Gasteiger partial charge in [-0.2, -0.15) is 52.3 Å². The quantitative estimate of drug-likeness (QED) is 0.596. The topological polar surface area (TPSA) is 54.4 Å². The fourth-order valence-corrected chi connectivity index (χ4v) is 2.58. The highest BCUT2D eigenvalue weighted by Gasteiger charge is 3.01. The summed E-state index contributed by atoms with van der Waals surface area (Å²) in [5, 5.41) is 0. The van der Waals surface area contributed by atoms with Crippen molar-refractivity contribution in [1.29, 1.82) is 0 Å². The summed E-state index contributed by atoms with van der Waals surface area (Å²) in [6.45, 7) is 0. The molecule has 0 aromatic rings. The molecular weight excluding hydrogens is 373 g/mol. The van der Waals surface area contributed by atoms with Crippen LogP contribution in [0.25, 0.3) is 0 Å². The van der Waals surface area contributed by atoms with E-state index in [4.69, 9.17) is 4.55 Å². The first-order valence-electron chi connectivity index (χ1n) is 4.74. The first-order valence-corrected chi connectivity index (χ1v) is 6.35. The van der Waals surface area contributed by atoms with Crippen LogP contribution in [-0.2, 0) is 10.1 Å². The minimum Gasteiger partial charge on any atom is -0.285 e. The first kappa shape index (κ1) is 19.2. The third-order valence-electron chi connectivity index (χ3n) is 2.95. The van der Waals surface area contributed by atoms with Crippen molar-refractivity contribution in [3.63, 3.8) is 0 Å². The Labute approximate surface area is 113 Å². The van der Waals surface area contributed by atoms with Crippen LogP contribution < -0.4 is 0 Å². The van der Waals surface area contributed by atoms with Gasteiger partial charge in [-0.25, -0.2) is 4.39 Å². The van der Waals surface area contributed by atoms with Gasteiger partial charge in [0, 0.05) is 0 Å². The van der Waals surface area contributed by atoms with Crippen LogP contribution in [-0.4, -0.2) is 54.0 Å². The van der Waals surface area contributed by atoms with Gasteiger partial charge in [-0.15, -0.1) is 0 Å². The standard InChI is InChI=1S/C7H3F11O3S/c8-2(1-22(19,20)21)3(9,10)5(13,14)7(17,18)6(15,16)4(2,11)12/h1H2,(H,19,20,21). The zero-order chi connectivity index (χ0) is 18.2. The molecule has 0 atom stereocenters. The molecule has 0 heterocycles. The molecule has 0 spiro atoms. The second-order valence-electron chi connectivity index (χ2n) is 4.40. The lowest BCUT2D eigenvalue weighted by Gasteiger charge is -2.52. The van der Waals surface area contributed by atoms with Crippen LogP contribution in [0.4, 0.5) is 48.3 Å². The first-order chi connectivity index (χ1) is 9.21. The van der Waals surface area contributed by atoms with Crippen LogP contribution in [0, 0.1) is 0 Å². The average molecular weight is 376 g/mol. The normalized spacial score (nSPS) is 30.7. The molecule has 1 rings (SSSR count). The van der Waals surface area contributed by atoms with Crippen molar-refractivity contribution in [3.05, 3.63) is 0 Å². The summed E-state index contributed by atoms with van der Waals surface area (Å²) in [6, 6.07) is 0. The zero-order valence-electron chi connectivity index (χ0n) is 9.54. The summed E-state index contributed by atoms with van der Waals surface area (Å²) in [5.74, 6) is -40.4. The zero-order valence-corrected chi connectivity index (χ0v) is 10.4. The highest BCUT2D eigenvalue weighted by molar-refractivity contribution is 7.85. The molecule has 0 amide bonds. The molecule has 1 aliphatic rings. The largest absolute Gasteiger partial charge is 0.384 e. The van der Waals surface area contributed by atoms with E-state index in [2.05, 4.69) is 0 Å². The fraction of sp³-hybridized carbons (Fsp3) is 1.00. The Bertz CT molecular complexity index is 550. The Morgan fingerprint density at radius 3 is 1.05 bits per heavy atom. The molecule has 1 saturated carbocycles. The number of rotatable bonds is 2. The van der Waals surface area contributed by atoms with Crippen LogP contribution in [0.15, 0.2) is 0 Å². The van der Waals surface area contributed by atoms with Crippen molar-refractivity contribution in [1.82, 2.24) is 0 Å². The van der Waals surface area contributed by atoms with Gasteiger partial charge in [-0.05, 0) is 0 Å². The molecule has 0 aromatic carbocycles. The van der Waals surface area contributed by atoms with E-state index >= 15 is 0 Å². The summed E-state index contributed by atoms with van der Waals surface area (Å²) in [5.41, 5.74) is -6.71. The summed E-state index contributed by atoms with van der Waals surface area (Å²) in [7, 11) is -6.31. The molecule has 22 heavy (non-hydrogen) atoms. The number of halogens is 11. The van der Waals surface area contributed by atoms with Crippen molar-refractivity contribution in [2.45, 2.75) is 35.3 Å². The lowest BCUT2D eigenvalue weighted by molar-refractivity contribution is -0.481. The Hall–Kier alpha value is -0.860. The van der Waals surface area contributed by atoms with Gasteiger partial charge in [0.05, 0.1) is 0 Å². The molecule has 0 saturated heterocycles. The van der Waals surface area contributed by atoms with E-state index in [1.165, 1.54) is 0 Å². The van der Waals surface area contributed by atoms with Gasteiger partial charge in [-0.1, -0.05) is 0 Å². The Morgan fingerprint density at radius 2 is 0.818 bits per heavy atom. The average Bonchev–Trinajstić information content (AvgIpc) is 2.23. The van der Waals surface area contributed by atoms with E-state index in [0.717, 1.165) is 0 Å². The van der Waals surface area contributed by atoms with E-state index in [1.807, 2.05) is 0 Å². The highest BCUT2D eigenvalue weighted by Crippen LogP contribution is 2.69. The lowest BCUT2D eigenvalue weighted by Crippen LogP contribution is -2.84. The van der Waals surface area contributed by atoms with Gasteiger partial charge >= 0.3 is 29.6 Å². The molecule has 0 bridgehead atoms. The van der Waals surface area contributed by atoms with Crippen molar-refractivity contribution >= 4 is 10.1 Å². The Kier molecular flexibility index (Phi) is 3.62. The van der Waals surface area contributed by atoms with Gasteiger partial charge < -0.3 is 0 Å². The van der Waals surface area contributed by atoms with Gasteiger partial charge in [0.2, 0.25) is 0 Å². The summed E-state index contributed by atoms with van der Waals surface area (Å²) < 4.78 is 171. The maximum atomic E-state index is 13.6. The highest BCUT2D eigenvalue weighted by atomic mass is 32.2. The number of alkyl halides is 11. The third kappa shape index (κ3) is 1.80. The predicted molar refractivity (Wildman–Crippen MR) is 45.0 cm³/mol. The number of hydrogen-bond donors (Lipinski definition) is 1. The second kappa shape index (κ2) is 4.15. The van der Waals surface area contributed by atoms with E-state index < -0.39 is 51.2 Å². The van der Waals surface area contributed by atoms with Crippen molar-refractivity contribution in [2.24, 2.45) is 0 Å². The molecule has 132 valence electrons.